The molecule has 0 bridgehead atoms. The SMILES string of the molecule is CC(C)C(=O)NCc1cc(C2=CC(c3cc(Cl)c(Cl)c(Cl)c3)(C(F)(F)F)ON2)ccc1Cl. The van der Waals surface area contributed by atoms with Crippen molar-refractivity contribution in [2.45, 2.75) is 32.2 Å². The van der Waals surface area contributed by atoms with Crippen LogP contribution in [0.4, 0.5) is 13.2 Å². The molecule has 3 rings (SSSR count). The lowest BCUT2D eigenvalue weighted by Gasteiger charge is -2.29. The van der Waals surface area contributed by atoms with E-state index in [1.807, 2.05) is 0 Å². The number of benzene rings is 2. The molecule has 1 heterocycles. The van der Waals surface area contributed by atoms with Crippen LogP contribution in [0.1, 0.15) is 30.5 Å². The van der Waals surface area contributed by atoms with Gasteiger partial charge in [0.25, 0.3) is 0 Å². The van der Waals surface area contributed by atoms with Gasteiger partial charge < -0.3 is 5.32 Å². The number of nitrogens with one attached hydrogen (secondary N) is 2. The fourth-order valence-corrected chi connectivity index (χ4v) is 3.80. The highest BCUT2D eigenvalue weighted by molar-refractivity contribution is 6.48. The second-order valence-corrected chi connectivity index (χ2v) is 9.03. The molecule has 1 atom stereocenters. The second-order valence-electron chi connectivity index (χ2n) is 7.43. The Morgan fingerprint density at radius 1 is 1.09 bits per heavy atom. The summed E-state index contributed by atoms with van der Waals surface area (Å²) in [7, 11) is 0. The Kier molecular flexibility index (Phi) is 7.27. The van der Waals surface area contributed by atoms with E-state index >= 15 is 0 Å². The molecule has 0 fully saturated rings. The number of carbonyl (C=O) groups is 1. The van der Waals surface area contributed by atoms with Crippen LogP contribution in [0.3, 0.4) is 0 Å². The molecule has 0 aromatic heterocycles. The van der Waals surface area contributed by atoms with Crippen molar-refractivity contribution >= 4 is 58.0 Å². The van der Waals surface area contributed by atoms with E-state index in [1.54, 1.807) is 19.9 Å². The van der Waals surface area contributed by atoms with Gasteiger partial charge in [0.2, 0.25) is 11.5 Å². The summed E-state index contributed by atoms with van der Waals surface area (Å²) in [6, 6.07) is 6.74. The van der Waals surface area contributed by atoms with Crippen LogP contribution in [0, 0.1) is 5.92 Å². The molecule has 1 aliphatic heterocycles. The maximum Gasteiger partial charge on any atom is 0.428 e. The lowest BCUT2D eigenvalue weighted by molar-refractivity contribution is -0.269. The van der Waals surface area contributed by atoms with Crippen molar-refractivity contribution < 1.29 is 22.8 Å². The Bertz CT molecular complexity index is 1070. The summed E-state index contributed by atoms with van der Waals surface area (Å²) in [4.78, 5) is 16.9. The number of hydrogen-bond donors (Lipinski definition) is 2. The largest absolute Gasteiger partial charge is 0.428 e. The molecule has 32 heavy (non-hydrogen) atoms. The third-order valence-corrected chi connectivity index (χ3v) is 6.40. The van der Waals surface area contributed by atoms with Crippen LogP contribution in [-0.2, 0) is 21.8 Å². The summed E-state index contributed by atoms with van der Waals surface area (Å²) < 4.78 is 42.6. The maximum absolute atomic E-state index is 14.2. The van der Waals surface area contributed by atoms with Gasteiger partial charge in [-0.1, -0.05) is 66.3 Å². The summed E-state index contributed by atoms with van der Waals surface area (Å²) >= 11 is 24.0. The Balaban J connectivity index is 2.02. The number of alkyl halides is 3. The number of hydrogen-bond acceptors (Lipinski definition) is 3. The number of hydroxylamine groups is 1. The van der Waals surface area contributed by atoms with E-state index in [4.69, 9.17) is 51.2 Å². The van der Waals surface area contributed by atoms with Crippen LogP contribution in [0.15, 0.2) is 36.4 Å². The van der Waals surface area contributed by atoms with Crippen LogP contribution in [0.25, 0.3) is 5.70 Å². The van der Waals surface area contributed by atoms with Crippen molar-refractivity contribution in [3.8, 4) is 0 Å². The van der Waals surface area contributed by atoms with E-state index in [1.165, 1.54) is 12.1 Å². The van der Waals surface area contributed by atoms with Gasteiger partial charge in [0, 0.05) is 28.6 Å². The van der Waals surface area contributed by atoms with Gasteiger partial charge in [0.05, 0.1) is 20.8 Å². The molecule has 2 N–H and O–H groups in total. The molecule has 11 heteroatoms. The molecule has 2 aromatic rings. The number of carbonyl (C=O) groups excluding carboxylic acids is 1. The van der Waals surface area contributed by atoms with Crippen molar-refractivity contribution in [3.05, 3.63) is 73.2 Å². The standard InChI is InChI=1S/C21H17Cl4F3N2O2/c1-10(2)19(31)29-9-12-5-11(3-4-14(12)22)17-8-20(32-30-17,21(26,27)28)13-6-15(23)18(25)16(24)7-13/h3-8,10,30H,9H2,1-2H3,(H,29,31). The average molecular weight is 528 g/mol. The van der Waals surface area contributed by atoms with Crippen LogP contribution < -0.4 is 10.8 Å². The molecular formula is C21H17Cl4F3N2O2. The minimum atomic E-state index is -4.86. The van der Waals surface area contributed by atoms with Gasteiger partial charge in [-0.15, -0.1) is 0 Å². The summed E-state index contributed by atoms with van der Waals surface area (Å²) in [5, 5.41) is 2.74. The molecule has 0 spiro atoms. The van der Waals surface area contributed by atoms with Gasteiger partial charge in [-0.3, -0.25) is 15.1 Å². The molecule has 0 saturated carbocycles. The molecule has 172 valence electrons. The zero-order valence-electron chi connectivity index (χ0n) is 16.7. The predicted molar refractivity (Wildman–Crippen MR) is 120 cm³/mol. The number of amides is 1. The highest BCUT2D eigenvalue weighted by atomic mass is 35.5. The van der Waals surface area contributed by atoms with Gasteiger partial charge in [-0.2, -0.15) is 13.2 Å². The van der Waals surface area contributed by atoms with Crippen molar-refractivity contribution in [3.63, 3.8) is 0 Å². The van der Waals surface area contributed by atoms with Gasteiger partial charge in [-0.05, 0) is 35.9 Å². The number of rotatable bonds is 5. The zero-order valence-corrected chi connectivity index (χ0v) is 19.7. The topological polar surface area (TPSA) is 50.4 Å². The highest BCUT2D eigenvalue weighted by Gasteiger charge is 2.59. The van der Waals surface area contributed by atoms with Crippen LogP contribution >= 0.6 is 46.4 Å². The Morgan fingerprint density at radius 3 is 2.28 bits per heavy atom. The zero-order chi connectivity index (χ0) is 23.8. The van der Waals surface area contributed by atoms with Crippen molar-refractivity contribution in [2.75, 3.05) is 0 Å². The van der Waals surface area contributed by atoms with E-state index in [9.17, 15) is 18.0 Å². The van der Waals surface area contributed by atoms with Gasteiger partial charge in [-0.25, -0.2) is 0 Å². The summed E-state index contributed by atoms with van der Waals surface area (Å²) in [5.41, 5.74) is 0.105. The Hall–Kier alpha value is -1.64. The summed E-state index contributed by atoms with van der Waals surface area (Å²) in [6.45, 7) is 3.60. The monoisotopic (exact) mass is 526 g/mol. The smallest absolute Gasteiger partial charge is 0.352 e. The fourth-order valence-electron chi connectivity index (χ4n) is 3.02. The van der Waals surface area contributed by atoms with Gasteiger partial charge in [0.1, 0.15) is 0 Å². The minimum absolute atomic E-state index is 0.0534. The first-order valence-electron chi connectivity index (χ1n) is 9.31. The molecule has 1 unspecified atom stereocenters. The van der Waals surface area contributed by atoms with E-state index in [0.717, 1.165) is 18.2 Å². The Labute approximate surface area is 202 Å². The lowest BCUT2D eigenvalue weighted by Crippen LogP contribution is -2.42. The maximum atomic E-state index is 14.2. The molecule has 1 amide bonds. The molecule has 2 aromatic carbocycles. The van der Waals surface area contributed by atoms with Gasteiger partial charge in [0.15, 0.2) is 0 Å². The number of halogens is 7. The first-order valence-corrected chi connectivity index (χ1v) is 10.8. The van der Waals surface area contributed by atoms with E-state index in [2.05, 4.69) is 10.8 Å². The lowest BCUT2D eigenvalue weighted by atomic mass is 9.91. The third-order valence-electron chi connectivity index (χ3n) is 4.84. The first-order chi connectivity index (χ1) is 14.9. The molecule has 0 saturated heterocycles. The summed E-state index contributed by atoms with van der Waals surface area (Å²) in [6.07, 6.45) is -3.97. The van der Waals surface area contributed by atoms with E-state index in [0.29, 0.717) is 16.1 Å². The minimum Gasteiger partial charge on any atom is -0.352 e. The van der Waals surface area contributed by atoms with Crippen LogP contribution in [-0.4, -0.2) is 12.1 Å². The van der Waals surface area contributed by atoms with E-state index in [-0.39, 0.29) is 44.7 Å². The highest BCUT2D eigenvalue weighted by Crippen LogP contribution is 2.49. The van der Waals surface area contributed by atoms with Crippen molar-refractivity contribution in [2.24, 2.45) is 5.92 Å². The third kappa shape index (κ3) is 4.82. The summed E-state index contributed by atoms with van der Waals surface area (Å²) in [5.74, 6) is -0.407. The van der Waals surface area contributed by atoms with Crippen molar-refractivity contribution in [1.29, 1.82) is 0 Å². The fraction of sp³-hybridized carbons (Fsp3) is 0.286. The normalized spacial score (nSPS) is 18.5. The molecule has 0 aliphatic carbocycles. The van der Waals surface area contributed by atoms with Crippen molar-refractivity contribution in [1.82, 2.24) is 10.8 Å². The van der Waals surface area contributed by atoms with E-state index < -0.39 is 11.8 Å². The second kappa shape index (κ2) is 9.31. The predicted octanol–water partition coefficient (Wildman–Crippen LogP) is 6.91. The first kappa shape index (κ1) is 25.0. The van der Waals surface area contributed by atoms with Crippen LogP contribution in [0.5, 0.6) is 0 Å². The van der Waals surface area contributed by atoms with Crippen LogP contribution in [0.2, 0.25) is 20.1 Å². The van der Waals surface area contributed by atoms with Gasteiger partial charge >= 0.3 is 6.18 Å². The Morgan fingerprint density at radius 2 is 1.72 bits per heavy atom. The molecule has 0 radical (unpaired) electrons. The quantitative estimate of drug-likeness (QED) is 0.415. The molecule has 1 aliphatic rings. The average Bonchev–Trinajstić information content (AvgIpc) is 3.17. The molecular weight excluding hydrogens is 511 g/mol. The molecule has 4 nitrogen and oxygen atoms in total.